The van der Waals surface area contributed by atoms with Crippen molar-refractivity contribution < 1.29 is 4.79 Å². The van der Waals surface area contributed by atoms with Gasteiger partial charge in [-0.25, -0.2) is 0 Å². The summed E-state index contributed by atoms with van der Waals surface area (Å²) in [6.07, 6.45) is 6.00. The average Bonchev–Trinajstić information content (AvgIpc) is 2.36. The van der Waals surface area contributed by atoms with Gasteiger partial charge in [-0.1, -0.05) is 34.6 Å². The monoisotopic (exact) mass is 282 g/mol. The van der Waals surface area contributed by atoms with E-state index in [0.29, 0.717) is 30.3 Å². The molecule has 1 aliphatic rings. The van der Waals surface area contributed by atoms with E-state index in [1.807, 2.05) is 0 Å². The van der Waals surface area contributed by atoms with Crippen LogP contribution in [0.2, 0.25) is 0 Å². The highest BCUT2D eigenvalue weighted by Crippen LogP contribution is 2.30. The second kappa shape index (κ2) is 7.44. The molecule has 0 saturated heterocycles. The summed E-state index contributed by atoms with van der Waals surface area (Å²) < 4.78 is 0. The highest BCUT2D eigenvalue weighted by molar-refractivity contribution is 5.76. The molecule has 0 aromatic carbocycles. The Morgan fingerprint density at radius 2 is 1.80 bits per heavy atom. The third kappa shape index (κ3) is 5.08. The number of carbonyl (C=O) groups is 1. The summed E-state index contributed by atoms with van der Waals surface area (Å²) >= 11 is 0. The maximum absolute atomic E-state index is 12.7. The number of hydrogen-bond donors (Lipinski definition) is 1. The second-order valence-corrected chi connectivity index (χ2v) is 7.63. The van der Waals surface area contributed by atoms with E-state index in [2.05, 4.69) is 39.5 Å². The fourth-order valence-electron chi connectivity index (χ4n) is 2.85. The molecule has 0 radical (unpaired) electrons. The summed E-state index contributed by atoms with van der Waals surface area (Å²) in [7, 11) is 0. The van der Waals surface area contributed by atoms with E-state index in [-0.39, 0.29) is 5.41 Å². The van der Waals surface area contributed by atoms with Crippen molar-refractivity contribution in [2.75, 3.05) is 6.54 Å². The maximum atomic E-state index is 12.7. The Morgan fingerprint density at radius 1 is 1.25 bits per heavy atom. The molecule has 118 valence electrons. The standard InChI is InChI=1S/C17H34N2O/c1-6-11-19(15-9-7-14(18)8-10-15)16(20)12-13(2)17(3,4)5/h13-15H,6-12,18H2,1-5H3. The molecule has 1 unspecified atom stereocenters. The zero-order valence-corrected chi connectivity index (χ0v) is 14.1. The summed E-state index contributed by atoms with van der Waals surface area (Å²) in [5, 5.41) is 0. The molecule has 0 aromatic rings. The van der Waals surface area contributed by atoms with Crippen LogP contribution in [0.5, 0.6) is 0 Å². The van der Waals surface area contributed by atoms with Gasteiger partial charge in [0.2, 0.25) is 5.91 Å². The molecule has 1 atom stereocenters. The molecule has 20 heavy (non-hydrogen) atoms. The van der Waals surface area contributed by atoms with Gasteiger partial charge in [0.25, 0.3) is 0 Å². The van der Waals surface area contributed by atoms with Crippen LogP contribution in [0, 0.1) is 11.3 Å². The Morgan fingerprint density at radius 3 is 2.25 bits per heavy atom. The van der Waals surface area contributed by atoms with Crippen molar-refractivity contribution >= 4 is 5.91 Å². The first-order chi connectivity index (χ1) is 9.25. The lowest BCUT2D eigenvalue weighted by Crippen LogP contribution is -2.45. The lowest BCUT2D eigenvalue weighted by Gasteiger charge is -2.37. The lowest BCUT2D eigenvalue weighted by atomic mass is 9.79. The second-order valence-electron chi connectivity index (χ2n) is 7.63. The number of amides is 1. The third-order valence-corrected chi connectivity index (χ3v) is 4.93. The van der Waals surface area contributed by atoms with Crippen molar-refractivity contribution in [2.45, 2.75) is 85.2 Å². The number of nitrogens with zero attached hydrogens (tertiary/aromatic N) is 1. The summed E-state index contributed by atoms with van der Waals surface area (Å²) in [5.41, 5.74) is 6.18. The molecule has 3 heteroatoms. The van der Waals surface area contributed by atoms with Gasteiger partial charge in [0.15, 0.2) is 0 Å². The van der Waals surface area contributed by atoms with Crippen molar-refractivity contribution in [3.05, 3.63) is 0 Å². The van der Waals surface area contributed by atoms with Gasteiger partial charge in [-0.15, -0.1) is 0 Å². The highest BCUT2D eigenvalue weighted by Gasteiger charge is 2.30. The molecule has 1 amide bonds. The average molecular weight is 282 g/mol. The van der Waals surface area contributed by atoms with Crippen molar-refractivity contribution in [3.8, 4) is 0 Å². The van der Waals surface area contributed by atoms with Gasteiger partial charge in [0.1, 0.15) is 0 Å². The van der Waals surface area contributed by atoms with Crippen molar-refractivity contribution in [3.63, 3.8) is 0 Å². The normalized spacial score (nSPS) is 25.3. The van der Waals surface area contributed by atoms with Crippen LogP contribution < -0.4 is 5.73 Å². The third-order valence-electron chi connectivity index (χ3n) is 4.93. The summed E-state index contributed by atoms with van der Waals surface area (Å²) in [6, 6.07) is 0.771. The quantitative estimate of drug-likeness (QED) is 0.838. The number of hydrogen-bond acceptors (Lipinski definition) is 2. The van der Waals surface area contributed by atoms with Gasteiger partial charge < -0.3 is 10.6 Å². The summed E-state index contributed by atoms with van der Waals surface area (Å²) in [4.78, 5) is 14.8. The van der Waals surface area contributed by atoms with Crippen LogP contribution in [0.15, 0.2) is 0 Å². The van der Waals surface area contributed by atoms with Gasteiger partial charge in [0.05, 0.1) is 0 Å². The summed E-state index contributed by atoms with van der Waals surface area (Å²) in [6.45, 7) is 11.9. The SMILES string of the molecule is CCCN(C(=O)CC(C)C(C)(C)C)C1CCC(N)CC1. The molecular weight excluding hydrogens is 248 g/mol. The van der Waals surface area contributed by atoms with Crippen molar-refractivity contribution in [1.29, 1.82) is 0 Å². The zero-order chi connectivity index (χ0) is 15.3. The van der Waals surface area contributed by atoms with E-state index in [1.165, 1.54) is 0 Å². The van der Waals surface area contributed by atoms with Gasteiger partial charge in [-0.2, -0.15) is 0 Å². The Bertz CT molecular complexity index is 301. The molecule has 0 aromatic heterocycles. The van der Waals surface area contributed by atoms with Crippen LogP contribution in [-0.2, 0) is 4.79 Å². The van der Waals surface area contributed by atoms with Crippen molar-refractivity contribution in [2.24, 2.45) is 17.1 Å². The van der Waals surface area contributed by atoms with Crippen LogP contribution in [-0.4, -0.2) is 29.4 Å². The number of carbonyl (C=O) groups excluding carboxylic acids is 1. The molecule has 0 spiro atoms. The molecule has 0 heterocycles. The fraction of sp³-hybridized carbons (Fsp3) is 0.941. The van der Waals surface area contributed by atoms with Crippen LogP contribution >= 0.6 is 0 Å². The predicted octanol–water partition coefficient (Wildman–Crippen LogP) is 3.57. The molecule has 0 bridgehead atoms. The van der Waals surface area contributed by atoms with Gasteiger partial charge in [0, 0.05) is 25.0 Å². The minimum atomic E-state index is 0.197. The van der Waals surface area contributed by atoms with Gasteiger partial charge >= 0.3 is 0 Å². The number of rotatable bonds is 5. The zero-order valence-electron chi connectivity index (χ0n) is 14.1. The van der Waals surface area contributed by atoms with Crippen LogP contribution in [0.1, 0.15) is 73.1 Å². The topological polar surface area (TPSA) is 46.3 Å². The minimum absolute atomic E-state index is 0.197. The van der Waals surface area contributed by atoms with Gasteiger partial charge in [-0.05, 0) is 43.4 Å². The fourth-order valence-corrected chi connectivity index (χ4v) is 2.85. The lowest BCUT2D eigenvalue weighted by molar-refractivity contribution is -0.136. The largest absolute Gasteiger partial charge is 0.340 e. The Kier molecular flexibility index (Phi) is 6.50. The van der Waals surface area contributed by atoms with E-state index in [0.717, 1.165) is 38.6 Å². The molecule has 1 saturated carbocycles. The first kappa shape index (κ1) is 17.5. The molecule has 2 N–H and O–H groups in total. The smallest absolute Gasteiger partial charge is 0.223 e. The molecule has 1 rings (SSSR count). The number of nitrogens with two attached hydrogens (primary N) is 1. The molecular formula is C17H34N2O. The van der Waals surface area contributed by atoms with Crippen LogP contribution in [0.4, 0.5) is 0 Å². The molecule has 3 nitrogen and oxygen atoms in total. The van der Waals surface area contributed by atoms with E-state index in [4.69, 9.17) is 5.73 Å². The van der Waals surface area contributed by atoms with Gasteiger partial charge in [-0.3, -0.25) is 4.79 Å². The molecule has 1 aliphatic carbocycles. The van der Waals surface area contributed by atoms with E-state index < -0.39 is 0 Å². The Hall–Kier alpha value is -0.570. The molecule has 1 fully saturated rings. The van der Waals surface area contributed by atoms with E-state index in [1.54, 1.807) is 0 Å². The van der Waals surface area contributed by atoms with Crippen LogP contribution in [0.3, 0.4) is 0 Å². The van der Waals surface area contributed by atoms with Crippen LogP contribution in [0.25, 0.3) is 0 Å². The predicted molar refractivity (Wildman–Crippen MR) is 85.5 cm³/mol. The van der Waals surface area contributed by atoms with E-state index in [9.17, 15) is 4.79 Å². The maximum Gasteiger partial charge on any atom is 0.223 e. The van der Waals surface area contributed by atoms with Crippen molar-refractivity contribution in [1.82, 2.24) is 4.90 Å². The van der Waals surface area contributed by atoms with E-state index >= 15 is 0 Å². The Balaban J connectivity index is 2.63. The first-order valence-corrected chi connectivity index (χ1v) is 8.30. The Labute approximate surface area is 125 Å². The first-order valence-electron chi connectivity index (χ1n) is 8.30. The summed E-state index contributed by atoms with van der Waals surface area (Å²) in [5.74, 6) is 0.759. The molecule has 0 aliphatic heterocycles. The highest BCUT2D eigenvalue weighted by atomic mass is 16.2. The minimum Gasteiger partial charge on any atom is -0.340 e.